The lowest BCUT2D eigenvalue weighted by molar-refractivity contribution is 0.179. The number of carbonyl (C=O) groups excluding carboxylic acids is 1. The quantitative estimate of drug-likeness (QED) is 0.852. The van der Waals surface area contributed by atoms with Gasteiger partial charge in [-0.1, -0.05) is 23.7 Å². The zero-order valence-corrected chi connectivity index (χ0v) is 12.9. The Hall–Kier alpha value is -2.71. The second kappa shape index (κ2) is 6.59. The van der Waals surface area contributed by atoms with Crippen LogP contribution in [0.5, 0.6) is 5.75 Å². The first-order valence-electron chi connectivity index (χ1n) is 7.00. The molecule has 1 heterocycles. The maximum atomic E-state index is 12.1. The van der Waals surface area contributed by atoms with Crippen molar-refractivity contribution in [3.05, 3.63) is 59.1 Å². The Kier molecular flexibility index (Phi) is 4.35. The van der Waals surface area contributed by atoms with Crippen LogP contribution < -0.4 is 9.64 Å². The maximum absolute atomic E-state index is 12.1. The molecule has 6 heteroatoms. The Morgan fingerprint density at radius 3 is 2.83 bits per heavy atom. The van der Waals surface area contributed by atoms with Gasteiger partial charge in [0.2, 0.25) is 0 Å². The number of anilines is 1. The van der Waals surface area contributed by atoms with Crippen LogP contribution in [0.1, 0.15) is 11.6 Å². The number of hydrogen-bond acceptors (Lipinski definition) is 4. The second-order valence-electron chi connectivity index (χ2n) is 4.96. The highest BCUT2D eigenvalue weighted by Crippen LogP contribution is 2.34. The van der Waals surface area contributed by atoms with E-state index in [4.69, 9.17) is 26.3 Å². The number of hydrogen-bond donors (Lipinski definition) is 0. The highest BCUT2D eigenvalue weighted by molar-refractivity contribution is 6.30. The average Bonchev–Trinajstić information content (AvgIpc) is 2.96. The molecule has 1 fully saturated rings. The Labute approximate surface area is 138 Å². The first kappa shape index (κ1) is 15.2. The number of nitrogens with zero attached hydrogens (tertiary/aromatic N) is 2. The molecule has 0 bridgehead atoms. The zero-order chi connectivity index (χ0) is 16.2. The van der Waals surface area contributed by atoms with E-state index in [9.17, 15) is 4.79 Å². The van der Waals surface area contributed by atoms with Crippen molar-refractivity contribution in [1.82, 2.24) is 0 Å². The maximum Gasteiger partial charge on any atom is 0.415 e. The van der Waals surface area contributed by atoms with Gasteiger partial charge in [-0.05, 0) is 42.0 Å². The number of halogens is 1. The van der Waals surface area contributed by atoms with Crippen LogP contribution in [0.25, 0.3) is 0 Å². The minimum absolute atomic E-state index is 0.0234. The first-order chi connectivity index (χ1) is 11.2. The predicted octanol–water partition coefficient (Wildman–Crippen LogP) is 3.94. The molecule has 0 N–H and O–H groups in total. The molecule has 5 nitrogen and oxygen atoms in total. The van der Waals surface area contributed by atoms with Crippen LogP contribution in [-0.4, -0.2) is 19.3 Å². The smallest absolute Gasteiger partial charge is 0.415 e. The number of benzene rings is 2. The zero-order valence-electron chi connectivity index (χ0n) is 12.1. The van der Waals surface area contributed by atoms with Crippen LogP contribution in [0.2, 0.25) is 5.02 Å². The third-order valence-electron chi connectivity index (χ3n) is 3.52. The van der Waals surface area contributed by atoms with Gasteiger partial charge in [0.25, 0.3) is 0 Å². The van der Waals surface area contributed by atoms with Crippen molar-refractivity contribution in [2.45, 2.75) is 6.04 Å². The highest BCUT2D eigenvalue weighted by atomic mass is 35.5. The SMILES string of the molecule is N#CCOc1cccc(C2COC(=O)N2c2ccc(Cl)cc2)c1. The molecule has 1 unspecified atom stereocenters. The Morgan fingerprint density at radius 1 is 1.30 bits per heavy atom. The van der Waals surface area contributed by atoms with Crippen LogP contribution in [0.15, 0.2) is 48.5 Å². The summed E-state index contributed by atoms with van der Waals surface area (Å²) in [5.41, 5.74) is 1.59. The van der Waals surface area contributed by atoms with Gasteiger partial charge in [-0.3, -0.25) is 4.90 Å². The van der Waals surface area contributed by atoms with Crippen LogP contribution in [0.3, 0.4) is 0 Å². The Balaban J connectivity index is 1.90. The second-order valence-corrected chi connectivity index (χ2v) is 5.39. The number of carbonyl (C=O) groups is 1. The number of nitriles is 1. The first-order valence-corrected chi connectivity index (χ1v) is 7.38. The van der Waals surface area contributed by atoms with Gasteiger partial charge in [0.15, 0.2) is 6.61 Å². The summed E-state index contributed by atoms with van der Waals surface area (Å²) in [6.07, 6.45) is -0.402. The van der Waals surface area contributed by atoms with Crippen LogP contribution in [0.4, 0.5) is 10.5 Å². The summed E-state index contributed by atoms with van der Waals surface area (Å²) in [4.78, 5) is 13.7. The molecule has 116 valence electrons. The molecule has 23 heavy (non-hydrogen) atoms. The van der Waals surface area contributed by atoms with Crippen molar-refractivity contribution in [3.8, 4) is 11.8 Å². The van der Waals surface area contributed by atoms with Gasteiger partial charge >= 0.3 is 6.09 Å². The lowest BCUT2D eigenvalue weighted by Crippen LogP contribution is -2.27. The van der Waals surface area contributed by atoms with E-state index in [-0.39, 0.29) is 19.3 Å². The minimum atomic E-state index is -0.402. The van der Waals surface area contributed by atoms with Gasteiger partial charge < -0.3 is 9.47 Å². The van der Waals surface area contributed by atoms with Crippen molar-refractivity contribution in [2.24, 2.45) is 0 Å². The molecule has 0 aliphatic carbocycles. The monoisotopic (exact) mass is 328 g/mol. The summed E-state index contributed by atoms with van der Waals surface area (Å²) < 4.78 is 10.5. The Morgan fingerprint density at radius 2 is 2.09 bits per heavy atom. The van der Waals surface area contributed by atoms with Crippen molar-refractivity contribution >= 4 is 23.4 Å². The Bertz CT molecular complexity index is 755. The normalized spacial score (nSPS) is 16.8. The van der Waals surface area contributed by atoms with E-state index in [0.717, 1.165) is 5.56 Å². The van der Waals surface area contributed by atoms with E-state index >= 15 is 0 Å². The molecule has 0 radical (unpaired) electrons. The largest absolute Gasteiger partial charge is 0.479 e. The minimum Gasteiger partial charge on any atom is -0.479 e. The lowest BCUT2D eigenvalue weighted by atomic mass is 10.1. The van der Waals surface area contributed by atoms with Gasteiger partial charge in [0.05, 0.1) is 6.04 Å². The fourth-order valence-corrected chi connectivity index (χ4v) is 2.61. The third-order valence-corrected chi connectivity index (χ3v) is 3.78. The number of cyclic esters (lactones) is 1. The molecule has 1 atom stereocenters. The van der Waals surface area contributed by atoms with Gasteiger partial charge in [0.1, 0.15) is 18.4 Å². The van der Waals surface area contributed by atoms with E-state index < -0.39 is 6.09 Å². The van der Waals surface area contributed by atoms with E-state index in [1.54, 1.807) is 35.2 Å². The molecular formula is C17H13ClN2O3. The summed E-state index contributed by atoms with van der Waals surface area (Å²) in [5, 5.41) is 9.20. The van der Waals surface area contributed by atoms with Gasteiger partial charge in [-0.15, -0.1) is 0 Å². The molecule has 3 rings (SSSR count). The van der Waals surface area contributed by atoms with Crippen LogP contribution in [0, 0.1) is 11.3 Å². The van der Waals surface area contributed by atoms with E-state index in [1.165, 1.54) is 0 Å². The van der Waals surface area contributed by atoms with Gasteiger partial charge in [-0.2, -0.15) is 5.26 Å². The number of ether oxygens (including phenoxy) is 2. The van der Waals surface area contributed by atoms with Gasteiger partial charge in [0, 0.05) is 10.7 Å². The van der Waals surface area contributed by atoms with Crippen LogP contribution >= 0.6 is 11.6 Å². The predicted molar refractivity (Wildman–Crippen MR) is 85.6 cm³/mol. The summed E-state index contributed by atoms with van der Waals surface area (Å²) in [6, 6.07) is 16.0. The standard InChI is InChI=1S/C17H13ClN2O3/c18-13-4-6-14(7-5-13)20-16(11-23-17(20)21)12-2-1-3-15(10-12)22-9-8-19/h1-7,10,16H,9,11H2. The lowest BCUT2D eigenvalue weighted by Gasteiger charge is -2.22. The highest BCUT2D eigenvalue weighted by Gasteiger charge is 2.35. The number of rotatable bonds is 4. The summed E-state index contributed by atoms with van der Waals surface area (Å²) in [5.74, 6) is 0.583. The molecule has 0 saturated carbocycles. The van der Waals surface area contributed by atoms with Crippen molar-refractivity contribution in [2.75, 3.05) is 18.1 Å². The molecular weight excluding hydrogens is 316 g/mol. The molecule has 1 aliphatic heterocycles. The summed E-state index contributed by atoms with van der Waals surface area (Å²) >= 11 is 5.90. The topological polar surface area (TPSA) is 62.6 Å². The van der Waals surface area contributed by atoms with Gasteiger partial charge in [-0.25, -0.2) is 4.79 Å². The third kappa shape index (κ3) is 3.22. The summed E-state index contributed by atoms with van der Waals surface area (Å²) in [6.45, 7) is 0.230. The van der Waals surface area contributed by atoms with Crippen LogP contribution in [-0.2, 0) is 4.74 Å². The van der Waals surface area contributed by atoms with Crippen molar-refractivity contribution < 1.29 is 14.3 Å². The average molecular weight is 329 g/mol. The molecule has 1 saturated heterocycles. The van der Waals surface area contributed by atoms with E-state index in [0.29, 0.717) is 16.5 Å². The van der Waals surface area contributed by atoms with Crippen molar-refractivity contribution in [3.63, 3.8) is 0 Å². The molecule has 1 aliphatic rings. The van der Waals surface area contributed by atoms with E-state index in [1.807, 2.05) is 24.3 Å². The summed E-state index contributed by atoms with van der Waals surface area (Å²) in [7, 11) is 0. The fourth-order valence-electron chi connectivity index (χ4n) is 2.48. The molecule has 2 aromatic rings. The van der Waals surface area contributed by atoms with E-state index in [2.05, 4.69) is 0 Å². The molecule has 2 aromatic carbocycles. The van der Waals surface area contributed by atoms with Crippen molar-refractivity contribution in [1.29, 1.82) is 5.26 Å². The number of amides is 1. The fraction of sp³-hybridized carbons (Fsp3) is 0.176. The molecule has 1 amide bonds. The molecule has 0 aromatic heterocycles. The molecule has 0 spiro atoms.